The molecule has 3 rings (SSSR count). The molecule has 102 valence electrons. The largest absolute Gasteiger partial charge is 0.334 e. The van der Waals surface area contributed by atoms with E-state index in [0.717, 1.165) is 49.4 Å². The van der Waals surface area contributed by atoms with Crippen LogP contribution >= 0.6 is 11.6 Å². The van der Waals surface area contributed by atoms with Gasteiger partial charge in [0.05, 0.1) is 12.1 Å². The Morgan fingerprint density at radius 2 is 2.11 bits per heavy atom. The molecule has 19 heavy (non-hydrogen) atoms. The van der Waals surface area contributed by atoms with Gasteiger partial charge in [-0.05, 0) is 43.9 Å². The highest BCUT2D eigenvalue weighted by Gasteiger charge is 2.35. The molecule has 0 unspecified atom stereocenters. The van der Waals surface area contributed by atoms with Gasteiger partial charge in [0.1, 0.15) is 0 Å². The molecule has 0 aliphatic carbocycles. The normalized spacial score (nSPS) is 26.9. The molecule has 3 nitrogen and oxygen atoms in total. The number of benzene rings is 1. The molecule has 2 atom stereocenters. The van der Waals surface area contributed by atoms with Gasteiger partial charge in [-0.1, -0.05) is 29.8 Å². The second kappa shape index (κ2) is 5.51. The zero-order chi connectivity index (χ0) is 13.2. The van der Waals surface area contributed by atoms with Crippen molar-refractivity contribution >= 4 is 17.5 Å². The summed E-state index contributed by atoms with van der Waals surface area (Å²) in [5.41, 5.74) is 1.09. The number of amides is 1. The van der Waals surface area contributed by atoms with Crippen molar-refractivity contribution in [2.24, 2.45) is 0 Å². The first-order chi connectivity index (χ1) is 9.27. The number of rotatable bonds is 2. The third-order valence-corrected chi connectivity index (χ3v) is 4.50. The molecule has 2 saturated heterocycles. The lowest BCUT2D eigenvalue weighted by atomic mass is 10.0. The Morgan fingerprint density at radius 1 is 1.26 bits per heavy atom. The first kappa shape index (κ1) is 12.9. The van der Waals surface area contributed by atoms with Crippen LogP contribution in [0, 0.1) is 0 Å². The van der Waals surface area contributed by atoms with Gasteiger partial charge >= 0.3 is 0 Å². The first-order valence-corrected chi connectivity index (χ1v) is 7.43. The zero-order valence-corrected chi connectivity index (χ0v) is 11.7. The second-order valence-electron chi connectivity index (χ2n) is 5.36. The number of hydrogen-bond donors (Lipinski definition) is 1. The fourth-order valence-corrected chi connectivity index (χ4v) is 3.46. The number of nitrogens with zero attached hydrogens (tertiary/aromatic N) is 1. The Morgan fingerprint density at radius 3 is 2.84 bits per heavy atom. The molecule has 4 heteroatoms. The van der Waals surface area contributed by atoms with Crippen LogP contribution in [-0.2, 0) is 4.79 Å². The smallest absolute Gasteiger partial charge is 0.240 e. The lowest BCUT2D eigenvalue weighted by Crippen LogP contribution is -2.43. The Kier molecular flexibility index (Phi) is 3.76. The van der Waals surface area contributed by atoms with Crippen LogP contribution in [0.15, 0.2) is 24.3 Å². The minimum atomic E-state index is 0.0167. The second-order valence-corrected chi connectivity index (χ2v) is 5.77. The van der Waals surface area contributed by atoms with Crippen LogP contribution in [0.25, 0.3) is 0 Å². The third-order valence-electron chi connectivity index (χ3n) is 4.16. The van der Waals surface area contributed by atoms with E-state index in [0.29, 0.717) is 0 Å². The molecule has 2 heterocycles. The molecule has 1 aromatic carbocycles. The van der Waals surface area contributed by atoms with Crippen LogP contribution in [0.5, 0.6) is 0 Å². The molecule has 0 spiro atoms. The minimum absolute atomic E-state index is 0.0167. The Labute approximate surface area is 118 Å². The zero-order valence-electron chi connectivity index (χ0n) is 10.9. The number of carbonyl (C=O) groups excluding carboxylic acids is 1. The number of carbonyl (C=O) groups is 1. The van der Waals surface area contributed by atoms with Crippen molar-refractivity contribution in [3.63, 3.8) is 0 Å². The molecule has 1 aromatic rings. The molecular weight excluding hydrogens is 260 g/mol. The Bertz CT molecular complexity index is 471. The lowest BCUT2D eigenvalue weighted by molar-refractivity contribution is -0.134. The number of likely N-dealkylation sites (tertiary alicyclic amines) is 1. The summed E-state index contributed by atoms with van der Waals surface area (Å²) in [6.45, 7) is 1.81. The maximum atomic E-state index is 12.6. The van der Waals surface area contributed by atoms with Crippen molar-refractivity contribution in [2.75, 3.05) is 13.1 Å². The fraction of sp³-hybridized carbons (Fsp3) is 0.533. The van der Waals surface area contributed by atoms with Crippen LogP contribution in [0.4, 0.5) is 0 Å². The van der Waals surface area contributed by atoms with Gasteiger partial charge in [-0.25, -0.2) is 0 Å². The predicted octanol–water partition coefficient (Wildman–Crippen LogP) is 2.76. The quantitative estimate of drug-likeness (QED) is 0.902. The first-order valence-electron chi connectivity index (χ1n) is 7.05. The van der Waals surface area contributed by atoms with Crippen molar-refractivity contribution in [3.05, 3.63) is 34.9 Å². The third kappa shape index (κ3) is 2.49. The minimum Gasteiger partial charge on any atom is -0.334 e. The lowest BCUT2D eigenvalue weighted by Gasteiger charge is -2.28. The highest BCUT2D eigenvalue weighted by Crippen LogP contribution is 2.36. The van der Waals surface area contributed by atoms with Gasteiger partial charge in [-0.15, -0.1) is 0 Å². The summed E-state index contributed by atoms with van der Waals surface area (Å²) < 4.78 is 0. The molecule has 0 bridgehead atoms. The molecule has 1 amide bonds. The van der Waals surface area contributed by atoms with E-state index in [1.54, 1.807) is 0 Å². The van der Waals surface area contributed by atoms with Crippen LogP contribution in [0.3, 0.4) is 0 Å². The molecule has 2 fully saturated rings. The number of halogens is 1. The van der Waals surface area contributed by atoms with E-state index in [1.807, 2.05) is 29.2 Å². The summed E-state index contributed by atoms with van der Waals surface area (Å²) in [6, 6.07) is 8.06. The standard InChI is InChI=1S/C15H19ClN2O/c16-12-6-2-1-5-11(12)14-8-4-10-18(14)15(19)13-7-3-9-17-13/h1-2,5-6,13-14,17H,3-4,7-10H2/t13-,14+/m0/s1. The average molecular weight is 279 g/mol. The van der Waals surface area contributed by atoms with E-state index in [1.165, 1.54) is 0 Å². The topological polar surface area (TPSA) is 32.3 Å². The molecule has 0 saturated carbocycles. The van der Waals surface area contributed by atoms with Gasteiger partial charge in [-0.2, -0.15) is 0 Å². The van der Waals surface area contributed by atoms with Crippen molar-refractivity contribution in [2.45, 2.75) is 37.8 Å². The number of nitrogens with one attached hydrogen (secondary N) is 1. The summed E-state index contributed by atoms with van der Waals surface area (Å²) in [5.74, 6) is 0.250. The molecule has 0 radical (unpaired) electrons. The predicted molar refractivity (Wildman–Crippen MR) is 76.2 cm³/mol. The summed E-state index contributed by atoms with van der Waals surface area (Å²) >= 11 is 6.28. The number of hydrogen-bond acceptors (Lipinski definition) is 2. The van der Waals surface area contributed by atoms with E-state index >= 15 is 0 Å². The van der Waals surface area contributed by atoms with Gasteiger partial charge in [0, 0.05) is 11.6 Å². The molecule has 0 aromatic heterocycles. The molecule has 2 aliphatic heterocycles. The van der Waals surface area contributed by atoms with Gasteiger partial charge in [0.15, 0.2) is 0 Å². The van der Waals surface area contributed by atoms with Gasteiger partial charge in [0.25, 0.3) is 0 Å². The van der Waals surface area contributed by atoms with E-state index < -0.39 is 0 Å². The highest BCUT2D eigenvalue weighted by atomic mass is 35.5. The molecule has 1 N–H and O–H groups in total. The van der Waals surface area contributed by atoms with Crippen molar-refractivity contribution < 1.29 is 4.79 Å². The van der Waals surface area contributed by atoms with E-state index in [2.05, 4.69) is 5.32 Å². The maximum Gasteiger partial charge on any atom is 0.240 e. The SMILES string of the molecule is O=C([C@@H]1CCCN1)N1CCC[C@@H]1c1ccccc1Cl. The van der Waals surface area contributed by atoms with Crippen molar-refractivity contribution in [1.29, 1.82) is 0 Å². The van der Waals surface area contributed by atoms with E-state index in [4.69, 9.17) is 11.6 Å². The van der Waals surface area contributed by atoms with Gasteiger partial charge < -0.3 is 10.2 Å². The average Bonchev–Trinajstić information content (AvgIpc) is 3.10. The van der Waals surface area contributed by atoms with Crippen LogP contribution in [0.2, 0.25) is 5.02 Å². The van der Waals surface area contributed by atoms with Gasteiger partial charge in [0.2, 0.25) is 5.91 Å². The van der Waals surface area contributed by atoms with Crippen LogP contribution in [0.1, 0.15) is 37.3 Å². The van der Waals surface area contributed by atoms with E-state index in [-0.39, 0.29) is 18.0 Å². The van der Waals surface area contributed by atoms with Crippen LogP contribution in [-0.4, -0.2) is 29.9 Å². The van der Waals surface area contributed by atoms with Gasteiger partial charge in [-0.3, -0.25) is 4.79 Å². The summed E-state index contributed by atoms with van der Waals surface area (Å²) in [6.07, 6.45) is 4.14. The molecular formula is C15H19ClN2O. The maximum absolute atomic E-state index is 12.6. The Balaban J connectivity index is 1.81. The van der Waals surface area contributed by atoms with Crippen molar-refractivity contribution in [1.82, 2.24) is 10.2 Å². The van der Waals surface area contributed by atoms with E-state index in [9.17, 15) is 4.79 Å². The summed E-state index contributed by atoms with van der Waals surface area (Å²) in [5, 5.41) is 4.07. The summed E-state index contributed by atoms with van der Waals surface area (Å²) in [7, 11) is 0. The van der Waals surface area contributed by atoms with Crippen molar-refractivity contribution in [3.8, 4) is 0 Å². The van der Waals surface area contributed by atoms with Crippen LogP contribution < -0.4 is 5.32 Å². The highest BCUT2D eigenvalue weighted by molar-refractivity contribution is 6.31. The summed E-state index contributed by atoms with van der Waals surface area (Å²) in [4.78, 5) is 14.6. The Hall–Kier alpha value is -1.06. The fourth-order valence-electron chi connectivity index (χ4n) is 3.19. The molecule has 2 aliphatic rings. The monoisotopic (exact) mass is 278 g/mol.